The molecule has 1 heterocycles. The lowest BCUT2D eigenvalue weighted by Gasteiger charge is -2.36. The monoisotopic (exact) mass is 325 g/mol. The second-order valence-corrected chi connectivity index (χ2v) is 5.53. The molecule has 2 aromatic rings. The molecular formula is C19H16FNO3. The lowest BCUT2D eigenvalue weighted by atomic mass is 9.88. The number of carboxylic acid groups (broad SMARTS) is 1. The average Bonchev–Trinajstić information content (AvgIpc) is 2.59. The van der Waals surface area contributed by atoms with Crippen molar-refractivity contribution in [3.8, 4) is 18.1 Å². The van der Waals surface area contributed by atoms with E-state index in [2.05, 4.69) is 5.92 Å². The van der Waals surface area contributed by atoms with Gasteiger partial charge < -0.3 is 9.84 Å². The predicted octanol–water partition coefficient (Wildman–Crippen LogP) is 3.46. The fraction of sp³-hybridized carbons (Fsp3) is 0.211. The Morgan fingerprint density at radius 2 is 2.08 bits per heavy atom. The zero-order valence-corrected chi connectivity index (χ0v) is 12.9. The van der Waals surface area contributed by atoms with Gasteiger partial charge in [-0.3, -0.25) is 4.90 Å². The number of benzene rings is 2. The molecule has 0 radical (unpaired) electrons. The highest BCUT2D eigenvalue weighted by atomic mass is 19.1. The largest absolute Gasteiger partial charge is 0.481 e. The molecule has 3 rings (SSSR count). The van der Waals surface area contributed by atoms with E-state index in [9.17, 15) is 14.3 Å². The van der Waals surface area contributed by atoms with Gasteiger partial charge in [-0.2, -0.15) is 0 Å². The van der Waals surface area contributed by atoms with Crippen LogP contribution in [0, 0.1) is 18.2 Å². The van der Waals surface area contributed by atoms with Crippen molar-refractivity contribution in [2.75, 3.05) is 13.2 Å². The molecule has 0 saturated carbocycles. The lowest BCUT2D eigenvalue weighted by molar-refractivity contribution is 0.129. The van der Waals surface area contributed by atoms with Gasteiger partial charge in [-0.25, -0.2) is 9.18 Å². The van der Waals surface area contributed by atoms with Crippen molar-refractivity contribution in [1.82, 2.24) is 4.90 Å². The van der Waals surface area contributed by atoms with Crippen LogP contribution >= 0.6 is 0 Å². The van der Waals surface area contributed by atoms with E-state index in [1.165, 1.54) is 17.0 Å². The standard InChI is InChI=1S/C19H16FNO3/c1-2-11-24-16-8-5-13-9-10-21(19(22)23)18(17(13)12-16)14-3-6-15(20)7-4-14/h1,3-8,12,18H,9-11H2,(H,22,23). The molecule has 1 atom stereocenters. The molecule has 1 aliphatic heterocycles. The van der Waals surface area contributed by atoms with Crippen LogP contribution in [0.1, 0.15) is 22.7 Å². The number of ether oxygens (including phenoxy) is 1. The van der Waals surface area contributed by atoms with Crippen molar-refractivity contribution < 1.29 is 19.0 Å². The third-order valence-electron chi connectivity index (χ3n) is 4.10. The molecule has 122 valence electrons. The topological polar surface area (TPSA) is 49.8 Å². The maximum absolute atomic E-state index is 13.2. The van der Waals surface area contributed by atoms with E-state index < -0.39 is 12.1 Å². The van der Waals surface area contributed by atoms with E-state index in [0.29, 0.717) is 24.3 Å². The van der Waals surface area contributed by atoms with Gasteiger partial charge in [0.15, 0.2) is 0 Å². The Balaban J connectivity index is 2.07. The van der Waals surface area contributed by atoms with Crippen LogP contribution in [0.15, 0.2) is 42.5 Å². The summed E-state index contributed by atoms with van der Waals surface area (Å²) < 4.78 is 18.7. The zero-order valence-electron chi connectivity index (χ0n) is 12.9. The Labute approximate surface area is 139 Å². The number of hydrogen-bond donors (Lipinski definition) is 1. The Morgan fingerprint density at radius 3 is 2.75 bits per heavy atom. The van der Waals surface area contributed by atoms with Crippen LogP contribution in [0.4, 0.5) is 9.18 Å². The summed E-state index contributed by atoms with van der Waals surface area (Å²) in [5.41, 5.74) is 2.61. The van der Waals surface area contributed by atoms with E-state index in [4.69, 9.17) is 11.2 Å². The van der Waals surface area contributed by atoms with Gasteiger partial charge in [0.1, 0.15) is 18.2 Å². The van der Waals surface area contributed by atoms with Gasteiger partial charge in [0.05, 0.1) is 6.04 Å². The molecule has 1 amide bonds. The van der Waals surface area contributed by atoms with Gasteiger partial charge in [-0.05, 0) is 47.4 Å². The summed E-state index contributed by atoms with van der Waals surface area (Å²) in [5.74, 6) is 2.63. The summed E-state index contributed by atoms with van der Waals surface area (Å²) in [6, 6.07) is 11.0. The third kappa shape index (κ3) is 3.04. The maximum atomic E-state index is 13.2. The van der Waals surface area contributed by atoms with Crippen molar-refractivity contribution >= 4 is 6.09 Å². The number of hydrogen-bond acceptors (Lipinski definition) is 2. The number of halogens is 1. The maximum Gasteiger partial charge on any atom is 0.408 e. The van der Waals surface area contributed by atoms with Gasteiger partial charge in [0.25, 0.3) is 0 Å². The minimum Gasteiger partial charge on any atom is -0.481 e. The number of carbonyl (C=O) groups is 1. The summed E-state index contributed by atoms with van der Waals surface area (Å²) in [6.45, 7) is 0.525. The van der Waals surface area contributed by atoms with E-state index in [1.54, 1.807) is 12.1 Å². The molecule has 0 aromatic heterocycles. The Morgan fingerprint density at radius 1 is 1.33 bits per heavy atom. The van der Waals surface area contributed by atoms with Crippen LogP contribution in [-0.2, 0) is 6.42 Å². The molecule has 4 nitrogen and oxygen atoms in total. The second kappa shape index (κ2) is 6.63. The Hall–Kier alpha value is -3.00. The fourth-order valence-electron chi connectivity index (χ4n) is 3.02. The minimum atomic E-state index is -1.01. The summed E-state index contributed by atoms with van der Waals surface area (Å²) in [7, 11) is 0. The predicted molar refractivity (Wildman–Crippen MR) is 87.4 cm³/mol. The van der Waals surface area contributed by atoms with Gasteiger partial charge in [-0.1, -0.05) is 24.1 Å². The number of nitrogens with zero attached hydrogens (tertiary/aromatic N) is 1. The van der Waals surface area contributed by atoms with E-state index >= 15 is 0 Å². The van der Waals surface area contributed by atoms with Crippen LogP contribution in [0.3, 0.4) is 0 Å². The fourth-order valence-corrected chi connectivity index (χ4v) is 3.02. The summed E-state index contributed by atoms with van der Waals surface area (Å²) in [5, 5.41) is 9.55. The molecule has 2 aromatic carbocycles. The molecular weight excluding hydrogens is 309 g/mol. The van der Waals surface area contributed by atoms with Crippen LogP contribution in [0.2, 0.25) is 0 Å². The number of rotatable bonds is 3. The first kappa shape index (κ1) is 15.9. The first-order valence-electron chi connectivity index (χ1n) is 7.54. The highest BCUT2D eigenvalue weighted by Gasteiger charge is 2.32. The molecule has 0 spiro atoms. The molecule has 0 aliphatic carbocycles. The molecule has 5 heteroatoms. The smallest absolute Gasteiger partial charge is 0.408 e. The summed E-state index contributed by atoms with van der Waals surface area (Å²) in [6.07, 6.45) is 4.82. The quantitative estimate of drug-likeness (QED) is 0.879. The zero-order chi connectivity index (χ0) is 17.1. The Kier molecular flexibility index (Phi) is 4.39. The van der Waals surface area contributed by atoms with E-state index in [-0.39, 0.29) is 12.4 Å². The van der Waals surface area contributed by atoms with Crippen molar-refractivity contribution in [3.05, 3.63) is 65.0 Å². The lowest BCUT2D eigenvalue weighted by Crippen LogP contribution is -2.39. The Bertz CT molecular complexity index is 795. The number of amides is 1. The van der Waals surface area contributed by atoms with Gasteiger partial charge in [0, 0.05) is 6.54 Å². The third-order valence-corrected chi connectivity index (χ3v) is 4.10. The van der Waals surface area contributed by atoms with Crippen molar-refractivity contribution in [2.24, 2.45) is 0 Å². The van der Waals surface area contributed by atoms with Gasteiger partial charge in [-0.15, -0.1) is 6.42 Å². The highest BCUT2D eigenvalue weighted by molar-refractivity contribution is 5.68. The second-order valence-electron chi connectivity index (χ2n) is 5.53. The number of terminal acetylenes is 1. The van der Waals surface area contributed by atoms with E-state index in [1.807, 2.05) is 18.2 Å². The van der Waals surface area contributed by atoms with Crippen LogP contribution in [0.5, 0.6) is 5.75 Å². The van der Waals surface area contributed by atoms with Crippen molar-refractivity contribution in [2.45, 2.75) is 12.5 Å². The molecule has 0 bridgehead atoms. The van der Waals surface area contributed by atoms with Crippen LogP contribution < -0.4 is 4.74 Å². The molecule has 1 aliphatic rings. The van der Waals surface area contributed by atoms with Crippen molar-refractivity contribution in [1.29, 1.82) is 0 Å². The molecule has 24 heavy (non-hydrogen) atoms. The summed E-state index contributed by atoms with van der Waals surface area (Å²) >= 11 is 0. The molecule has 0 saturated heterocycles. The van der Waals surface area contributed by atoms with Crippen LogP contribution in [0.25, 0.3) is 0 Å². The normalized spacial score (nSPS) is 16.2. The van der Waals surface area contributed by atoms with Gasteiger partial charge >= 0.3 is 6.09 Å². The van der Waals surface area contributed by atoms with E-state index in [0.717, 1.165) is 11.1 Å². The first-order chi connectivity index (χ1) is 11.6. The first-order valence-corrected chi connectivity index (χ1v) is 7.54. The highest BCUT2D eigenvalue weighted by Crippen LogP contribution is 2.37. The van der Waals surface area contributed by atoms with Crippen molar-refractivity contribution in [3.63, 3.8) is 0 Å². The van der Waals surface area contributed by atoms with Gasteiger partial charge in [0.2, 0.25) is 0 Å². The number of fused-ring (bicyclic) bond motifs is 1. The average molecular weight is 325 g/mol. The minimum absolute atomic E-state index is 0.142. The van der Waals surface area contributed by atoms with Crippen LogP contribution in [-0.4, -0.2) is 29.3 Å². The SMILES string of the molecule is C#CCOc1ccc2c(c1)C(c1ccc(F)cc1)N(C(=O)O)CC2. The molecule has 1 N–H and O–H groups in total. The summed E-state index contributed by atoms with van der Waals surface area (Å²) in [4.78, 5) is 13.0. The molecule has 0 fully saturated rings. The molecule has 1 unspecified atom stereocenters.